The summed E-state index contributed by atoms with van der Waals surface area (Å²) in [6.45, 7) is 1.69. The molecule has 1 unspecified atom stereocenters. The number of aliphatic carboxylic acids is 1. The Labute approximate surface area is 151 Å². The standard InChI is InChI=1S/C20H22FNO4/c1-12-11-26-16(10-17(23)24)18(12)20(25)22-19(13-6-2-3-7-13)14-8-4-5-9-15(14)21/h4-5,8-9,11,13,19H,2-3,6-7,10H2,1H3,(H,22,25)(H,23,24). The van der Waals surface area contributed by atoms with Crippen molar-refractivity contribution in [3.8, 4) is 0 Å². The molecule has 26 heavy (non-hydrogen) atoms. The van der Waals surface area contributed by atoms with Crippen LogP contribution in [0.1, 0.15) is 59.0 Å². The number of rotatable bonds is 6. The second kappa shape index (κ2) is 7.72. The first-order valence-electron chi connectivity index (χ1n) is 8.81. The van der Waals surface area contributed by atoms with E-state index in [1.54, 1.807) is 25.1 Å². The zero-order chi connectivity index (χ0) is 18.7. The Bertz CT molecular complexity index is 808. The average Bonchev–Trinajstić information content (AvgIpc) is 3.23. The van der Waals surface area contributed by atoms with Gasteiger partial charge in [-0.3, -0.25) is 9.59 Å². The van der Waals surface area contributed by atoms with E-state index < -0.39 is 17.9 Å². The molecule has 1 aliphatic rings. The Kier molecular flexibility index (Phi) is 5.40. The van der Waals surface area contributed by atoms with E-state index in [0.717, 1.165) is 25.7 Å². The van der Waals surface area contributed by atoms with Gasteiger partial charge in [-0.15, -0.1) is 0 Å². The van der Waals surface area contributed by atoms with E-state index in [1.165, 1.54) is 12.3 Å². The van der Waals surface area contributed by atoms with Crippen molar-refractivity contribution in [1.82, 2.24) is 5.32 Å². The fraction of sp³-hybridized carbons (Fsp3) is 0.400. The summed E-state index contributed by atoms with van der Waals surface area (Å²) in [6.07, 6.45) is 4.96. The minimum absolute atomic E-state index is 0.117. The van der Waals surface area contributed by atoms with Gasteiger partial charge in [0, 0.05) is 11.1 Å². The van der Waals surface area contributed by atoms with Gasteiger partial charge in [0.1, 0.15) is 18.0 Å². The fourth-order valence-electron chi connectivity index (χ4n) is 3.75. The summed E-state index contributed by atoms with van der Waals surface area (Å²) in [5.41, 5.74) is 1.26. The number of amides is 1. The third kappa shape index (κ3) is 3.79. The van der Waals surface area contributed by atoms with Gasteiger partial charge in [0.25, 0.3) is 5.91 Å². The van der Waals surface area contributed by atoms with Crippen molar-refractivity contribution >= 4 is 11.9 Å². The quantitative estimate of drug-likeness (QED) is 0.816. The molecule has 1 amide bonds. The molecule has 1 aromatic carbocycles. The first kappa shape index (κ1) is 18.2. The van der Waals surface area contributed by atoms with Gasteiger partial charge in [0.15, 0.2) is 0 Å². The van der Waals surface area contributed by atoms with Gasteiger partial charge in [-0.1, -0.05) is 31.0 Å². The molecule has 1 fully saturated rings. The highest BCUT2D eigenvalue weighted by atomic mass is 19.1. The molecule has 6 heteroatoms. The molecule has 0 aliphatic heterocycles. The molecule has 1 saturated carbocycles. The molecule has 1 atom stereocenters. The second-order valence-electron chi connectivity index (χ2n) is 6.80. The molecule has 0 saturated heterocycles. The number of furan rings is 1. The van der Waals surface area contributed by atoms with E-state index >= 15 is 0 Å². The van der Waals surface area contributed by atoms with Crippen LogP contribution in [0.3, 0.4) is 0 Å². The molecule has 1 heterocycles. The molecule has 1 aromatic heterocycles. The van der Waals surface area contributed by atoms with Crippen LogP contribution < -0.4 is 5.32 Å². The maximum atomic E-state index is 14.4. The number of halogens is 1. The van der Waals surface area contributed by atoms with E-state index in [1.807, 2.05) is 0 Å². The lowest BCUT2D eigenvalue weighted by atomic mass is 9.90. The molecule has 1 aliphatic carbocycles. The first-order valence-corrected chi connectivity index (χ1v) is 8.81. The number of aryl methyl sites for hydroxylation is 1. The predicted octanol–water partition coefficient (Wildman–Crippen LogP) is 4.02. The van der Waals surface area contributed by atoms with E-state index in [9.17, 15) is 14.0 Å². The van der Waals surface area contributed by atoms with Gasteiger partial charge in [-0.25, -0.2) is 4.39 Å². The zero-order valence-electron chi connectivity index (χ0n) is 14.6. The third-order valence-electron chi connectivity index (χ3n) is 4.99. The van der Waals surface area contributed by atoms with Gasteiger partial charge >= 0.3 is 5.97 Å². The largest absolute Gasteiger partial charge is 0.481 e. The molecule has 0 bridgehead atoms. The van der Waals surface area contributed by atoms with Gasteiger partial charge in [0.2, 0.25) is 0 Å². The lowest BCUT2D eigenvalue weighted by Crippen LogP contribution is -2.34. The Morgan fingerprint density at radius 3 is 2.65 bits per heavy atom. The summed E-state index contributed by atoms with van der Waals surface area (Å²) in [5.74, 6) is -1.57. The highest BCUT2D eigenvalue weighted by Crippen LogP contribution is 2.37. The predicted molar refractivity (Wildman–Crippen MR) is 93.4 cm³/mol. The average molecular weight is 359 g/mol. The van der Waals surface area contributed by atoms with E-state index in [0.29, 0.717) is 11.1 Å². The number of nitrogens with one attached hydrogen (secondary N) is 1. The maximum absolute atomic E-state index is 14.4. The van der Waals surface area contributed by atoms with Crippen molar-refractivity contribution in [2.45, 2.75) is 45.1 Å². The van der Waals surface area contributed by atoms with Crippen LogP contribution in [-0.2, 0) is 11.2 Å². The normalized spacial score (nSPS) is 15.8. The zero-order valence-corrected chi connectivity index (χ0v) is 14.6. The number of carbonyl (C=O) groups is 2. The molecule has 5 nitrogen and oxygen atoms in total. The van der Waals surface area contributed by atoms with Crippen LogP contribution in [0.2, 0.25) is 0 Å². The third-order valence-corrected chi connectivity index (χ3v) is 4.99. The van der Waals surface area contributed by atoms with Crippen molar-refractivity contribution in [2.75, 3.05) is 0 Å². The Balaban J connectivity index is 1.90. The number of hydrogen-bond acceptors (Lipinski definition) is 3. The van der Waals surface area contributed by atoms with Crippen molar-refractivity contribution in [2.24, 2.45) is 5.92 Å². The van der Waals surface area contributed by atoms with Crippen LogP contribution >= 0.6 is 0 Å². The summed E-state index contributed by atoms with van der Waals surface area (Å²) in [6, 6.07) is 6.02. The summed E-state index contributed by atoms with van der Waals surface area (Å²) < 4.78 is 19.6. The van der Waals surface area contributed by atoms with Crippen LogP contribution in [0.5, 0.6) is 0 Å². The van der Waals surface area contributed by atoms with Gasteiger partial charge < -0.3 is 14.8 Å². The molecular formula is C20H22FNO4. The topological polar surface area (TPSA) is 79.5 Å². The maximum Gasteiger partial charge on any atom is 0.311 e. The van der Waals surface area contributed by atoms with Crippen LogP contribution in [0.15, 0.2) is 34.9 Å². The monoisotopic (exact) mass is 359 g/mol. The molecular weight excluding hydrogens is 337 g/mol. The van der Waals surface area contributed by atoms with Gasteiger partial charge in [-0.2, -0.15) is 0 Å². The molecule has 2 aromatic rings. The van der Waals surface area contributed by atoms with Crippen molar-refractivity contribution in [3.63, 3.8) is 0 Å². The van der Waals surface area contributed by atoms with Crippen LogP contribution in [-0.4, -0.2) is 17.0 Å². The van der Waals surface area contributed by atoms with E-state index in [-0.39, 0.29) is 29.5 Å². The number of carboxylic acids is 1. The fourth-order valence-corrected chi connectivity index (χ4v) is 3.75. The molecule has 138 valence electrons. The Morgan fingerprint density at radius 2 is 2.00 bits per heavy atom. The molecule has 0 radical (unpaired) electrons. The number of hydrogen-bond donors (Lipinski definition) is 2. The van der Waals surface area contributed by atoms with Gasteiger partial charge in [0.05, 0.1) is 17.9 Å². The molecule has 2 N–H and O–H groups in total. The number of carbonyl (C=O) groups excluding carboxylic acids is 1. The van der Waals surface area contributed by atoms with Crippen molar-refractivity contribution in [1.29, 1.82) is 0 Å². The number of carboxylic acid groups (broad SMARTS) is 1. The minimum atomic E-state index is -1.07. The van der Waals surface area contributed by atoms with Gasteiger partial charge in [-0.05, 0) is 31.7 Å². The molecule has 3 rings (SSSR count). The number of benzene rings is 1. The van der Waals surface area contributed by atoms with E-state index in [4.69, 9.17) is 9.52 Å². The van der Waals surface area contributed by atoms with Crippen LogP contribution in [0.4, 0.5) is 4.39 Å². The van der Waals surface area contributed by atoms with Crippen molar-refractivity contribution in [3.05, 3.63) is 58.8 Å². The van der Waals surface area contributed by atoms with E-state index in [2.05, 4.69) is 5.32 Å². The highest BCUT2D eigenvalue weighted by Gasteiger charge is 2.31. The summed E-state index contributed by atoms with van der Waals surface area (Å²) >= 11 is 0. The highest BCUT2D eigenvalue weighted by molar-refractivity contribution is 5.97. The lowest BCUT2D eigenvalue weighted by molar-refractivity contribution is -0.136. The molecule has 0 spiro atoms. The Morgan fingerprint density at radius 1 is 1.31 bits per heavy atom. The summed E-state index contributed by atoms with van der Waals surface area (Å²) in [7, 11) is 0. The summed E-state index contributed by atoms with van der Waals surface area (Å²) in [4.78, 5) is 23.9. The van der Waals surface area contributed by atoms with Crippen molar-refractivity contribution < 1.29 is 23.5 Å². The first-order chi connectivity index (χ1) is 12.5. The second-order valence-corrected chi connectivity index (χ2v) is 6.80. The van der Waals surface area contributed by atoms with Crippen LogP contribution in [0.25, 0.3) is 0 Å². The smallest absolute Gasteiger partial charge is 0.311 e. The SMILES string of the molecule is Cc1coc(CC(=O)O)c1C(=O)NC(c1ccccc1F)C1CCCC1. The Hall–Kier alpha value is -2.63. The lowest BCUT2D eigenvalue weighted by Gasteiger charge is -2.25. The van der Waals surface area contributed by atoms with Crippen LogP contribution in [0, 0.1) is 18.7 Å². The minimum Gasteiger partial charge on any atom is -0.481 e. The summed E-state index contributed by atoms with van der Waals surface area (Å²) in [5, 5.41) is 12.0.